The Balaban J connectivity index is 1.46. The van der Waals surface area contributed by atoms with Gasteiger partial charge in [0.2, 0.25) is 5.91 Å². The molecule has 0 atom stereocenters. The van der Waals surface area contributed by atoms with E-state index in [4.69, 9.17) is 0 Å². The molecule has 142 valence electrons. The number of rotatable bonds is 6. The van der Waals surface area contributed by atoms with E-state index in [2.05, 4.69) is 56.5 Å². The molecule has 1 fully saturated rings. The second kappa shape index (κ2) is 9.33. The molecule has 0 unspecified atom stereocenters. The quantitative estimate of drug-likeness (QED) is 0.852. The monoisotopic (exact) mass is 364 g/mol. The number of piperazine rings is 1. The van der Waals surface area contributed by atoms with Crippen molar-refractivity contribution in [3.05, 3.63) is 60.3 Å². The molecular formula is C22H28N4O. The topological polar surface area (TPSA) is 48.5 Å². The van der Waals surface area contributed by atoms with Crippen molar-refractivity contribution in [2.24, 2.45) is 5.92 Å². The van der Waals surface area contributed by atoms with Gasteiger partial charge < -0.3 is 10.2 Å². The summed E-state index contributed by atoms with van der Waals surface area (Å²) in [7, 11) is 0. The van der Waals surface area contributed by atoms with Crippen LogP contribution in [0, 0.1) is 5.92 Å². The van der Waals surface area contributed by atoms with E-state index >= 15 is 0 Å². The molecule has 1 aliphatic rings. The molecule has 2 aromatic rings. The Morgan fingerprint density at radius 3 is 2.48 bits per heavy atom. The van der Waals surface area contributed by atoms with Crippen molar-refractivity contribution in [1.29, 1.82) is 0 Å². The second-order valence-corrected chi connectivity index (χ2v) is 7.15. The fraction of sp³-hybridized carbons (Fsp3) is 0.364. The number of hydrogen-bond donors (Lipinski definition) is 1. The van der Waals surface area contributed by atoms with E-state index in [0.717, 1.165) is 44.2 Å². The van der Waals surface area contributed by atoms with E-state index in [-0.39, 0.29) is 11.8 Å². The minimum atomic E-state index is -0.0336. The van der Waals surface area contributed by atoms with Crippen LogP contribution >= 0.6 is 0 Å². The maximum atomic E-state index is 11.8. The number of aromatic nitrogens is 1. The third kappa shape index (κ3) is 5.66. The minimum absolute atomic E-state index is 0.0155. The van der Waals surface area contributed by atoms with Crippen LogP contribution in [-0.2, 0) is 4.79 Å². The van der Waals surface area contributed by atoms with Crippen LogP contribution < -0.4 is 10.2 Å². The molecule has 27 heavy (non-hydrogen) atoms. The summed E-state index contributed by atoms with van der Waals surface area (Å²) < 4.78 is 0. The summed E-state index contributed by atoms with van der Waals surface area (Å²) in [6, 6.07) is 14.3. The third-order valence-corrected chi connectivity index (χ3v) is 4.71. The van der Waals surface area contributed by atoms with Crippen LogP contribution in [0.1, 0.15) is 19.4 Å². The van der Waals surface area contributed by atoms with Gasteiger partial charge >= 0.3 is 0 Å². The Morgan fingerprint density at radius 1 is 1.11 bits per heavy atom. The summed E-state index contributed by atoms with van der Waals surface area (Å²) in [5, 5.41) is 2.88. The highest BCUT2D eigenvalue weighted by Gasteiger charge is 2.17. The highest BCUT2D eigenvalue weighted by atomic mass is 16.1. The number of pyridine rings is 1. The predicted octanol–water partition coefficient (Wildman–Crippen LogP) is 3.51. The number of anilines is 2. The Labute approximate surface area is 161 Å². The zero-order valence-electron chi connectivity index (χ0n) is 16.1. The average molecular weight is 364 g/mol. The highest BCUT2D eigenvalue weighted by Crippen LogP contribution is 2.17. The molecule has 3 rings (SSSR count). The first-order chi connectivity index (χ1) is 13.1. The van der Waals surface area contributed by atoms with Gasteiger partial charge in [-0.3, -0.25) is 9.69 Å². The number of benzene rings is 1. The Kier molecular flexibility index (Phi) is 6.60. The van der Waals surface area contributed by atoms with E-state index in [1.54, 1.807) is 6.20 Å². The van der Waals surface area contributed by atoms with Gasteiger partial charge in [-0.1, -0.05) is 56.3 Å². The van der Waals surface area contributed by atoms with Gasteiger partial charge in [-0.25, -0.2) is 4.98 Å². The smallest absolute Gasteiger partial charge is 0.226 e. The minimum Gasteiger partial charge on any atom is -0.354 e. The Hall–Kier alpha value is -2.66. The van der Waals surface area contributed by atoms with Crippen molar-refractivity contribution in [2.75, 3.05) is 42.9 Å². The molecular weight excluding hydrogens is 336 g/mol. The molecule has 0 aliphatic carbocycles. The van der Waals surface area contributed by atoms with Gasteiger partial charge in [0.05, 0.1) is 11.9 Å². The molecule has 1 N–H and O–H groups in total. The molecule has 2 heterocycles. The summed E-state index contributed by atoms with van der Waals surface area (Å²) in [5.41, 5.74) is 1.99. The number of nitrogens with one attached hydrogen (secondary N) is 1. The molecule has 0 bridgehead atoms. The van der Waals surface area contributed by atoms with Crippen molar-refractivity contribution in [1.82, 2.24) is 9.88 Å². The molecule has 1 aromatic heterocycles. The van der Waals surface area contributed by atoms with Gasteiger partial charge in [-0.2, -0.15) is 0 Å². The average Bonchev–Trinajstić information content (AvgIpc) is 2.70. The number of nitrogens with zero attached hydrogens (tertiary/aromatic N) is 3. The van der Waals surface area contributed by atoms with E-state index in [0.29, 0.717) is 0 Å². The van der Waals surface area contributed by atoms with Crippen LogP contribution in [0.2, 0.25) is 0 Å². The van der Waals surface area contributed by atoms with Crippen molar-refractivity contribution < 1.29 is 4.79 Å². The maximum Gasteiger partial charge on any atom is 0.226 e. The van der Waals surface area contributed by atoms with Crippen LogP contribution in [-0.4, -0.2) is 48.5 Å². The van der Waals surface area contributed by atoms with Gasteiger partial charge in [-0.15, -0.1) is 0 Å². The van der Waals surface area contributed by atoms with Crippen LogP contribution in [0.5, 0.6) is 0 Å². The first-order valence-corrected chi connectivity index (χ1v) is 9.57. The summed E-state index contributed by atoms with van der Waals surface area (Å²) in [6.07, 6.45) is 6.15. The third-order valence-electron chi connectivity index (χ3n) is 4.71. The summed E-state index contributed by atoms with van der Waals surface area (Å²) in [5.74, 6) is 0.951. The summed E-state index contributed by atoms with van der Waals surface area (Å²) in [6.45, 7) is 8.70. The molecule has 0 radical (unpaired) electrons. The first kappa shape index (κ1) is 19.1. The van der Waals surface area contributed by atoms with E-state index in [1.807, 2.05) is 32.0 Å². The van der Waals surface area contributed by atoms with Gasteiger partial charge in [0.25, 0.3) is 0 Å². The molecule has 5 heteroatoms. The van der Waals surface area contributed by atoms with Crippen molar-refractivity contribution in [3.63, 3.8) is 0 Å². The highest BCUT2D eigenvalue weighted by molar-refractivity contribution is 5.91. The first-order valence-electron chi connectivity index (χ1n) is 9.57. The number of amides is 1. The lowest BCUT2D eigenvalue weighted by Crippen LogP contribution is -2.46. The molecule has 1 aromatic carbocycles. The second-order valence-electron chi connectivity index (χ2n) is 7.15. The lowest BCUT2D eigenvalue weighted by atomic mass is 10.2. The van der Waals surface area contributed by atoms with Gasteiger partial charge in [0, 0.05) is 38.6 Å². The van der Waals surface area contributed by atoms with E-state index in [1.165, 1.54) is 5.56 Å². The SMILES string of the molecule is CC(C)C(=O)Nc1ccc(N2CCN(C/C=C/c3ccccc3)CC2)nc1. The maximum absolute atomic E-state index is 11.8. The fourth-order valence-corrected chi connectivity index (χ4v) is 3.00. The number of carbonyl (C=O) groups excluding carboxylic acids is 1. The standard InChI is InChI=1S/C22H28N4O/c1-18(2)22(27)24-20-10-11-21(23-17-20)26-15-13-25(14-16-26)12-6-9-19-7-4-3-5-8-19/h3-11,17-18H,12-16H2,1-2H3,(H,24,27)/b9-6+. The zero-order valence-corrected chi connectivity index (χ0v) is 16.1. The fourth-order valence-electron chi connectivity index (χ4n) is 3.00. The zero-order chi connectivity index (χ0) is 19.1. The molecule has 1 saturated heterocycles. The lowest BCUT2D eigenvalue weighted by molar-refractivity contribution is -0.118. The largest absolute Gasteiger partial charge is 0.354 e. The van der Waals surface area contributed by atoms with Crippen LogP contribution in [0.3, 0.4) is 0 Å². The predicted molar refractivity (Wildman–Crippen MR) is 112 cm³/mol. The Morgan fingerprint density at radius 2 is 1.85 bits per heavy atom. The van der Waals surface area contributed by atoms with E-state index < -0.39 is 0 Å². The van der Waals surface area contributed by atoms with Crippen molar-refractivity contribution in [3.8, 4) is 0 Å². The molecule has 0 saturated carbocycles. The van der Waals surface area contributed by atoms with Gasteiger partial charge in [0.15, 0.2) is 0 Å². The lowest BCUT2D eigenvalue weighted by Gasteiger charge is -2.34. The van der Waals surface area contributed by atoms with Crippen LogP contribution in [0.4, 0.5) is 11.5 Å². The molecule has 1 amide bonds. The van der Waals surface area contributed by atoms with Gasteiger partial charge in [-0.05, 0) is 17.7 Å². The normalized spacial score (nSPS) is 15.4. The van der Waals surface area contributed by atoms with Crippen LogP contribution in [0.25, 0.3) is 6.08 Å². The molecule has 1 aliphatic heterocycles. The van der Waals surface area contributed by atoms with Crippen molar-refractivity contribution in [2.45, 2.75) is 13.8 Å². The summed E-state index contributed by atoms with van der Waals surface area (Å²) in [4.78, 5) is 21.0. The van der Waals surface area contributed by atoms with Crippen LogP contribution in [0.15, 0.2) is 54.7 Å². The molecule has 0 spiro atoms. The molecule has 5 nitrogen and oxygen atoms in total. The van der Waals surface area contributed by atoms with Crippen molar-refractivity contribution >= 4 is 23.5 Å². The summed E-state index contributed by atoms with van der Waals surface area (Å²) >= 11 is 0. The van der Waals surface area contributed by atoms with Gasteiger partial charge in [0.1, 0.15) is 5.82 Å². The Bertz CT molecular complexity index is 748. The number of hydrogen-bond acceptors (Lipinski definition) is 4. The number of carbonyl (C=O) groups is 1. The van der Waals surface area contributed by atoms with E-state index in [9.17, 15) is 4.79 Å².